The number of morpholine rings is 1. The molecule has 1 aliphatic rings. The van der Waals surface area contributed by atoms with Gasteiger partial charge < -0.3 is 15.0 Å². The van der Waals surface area contributed by atoms with E-state index in [4.69, 9.17) is 4.74 Å². The van der Waals surface area contributed by atoms with Gasteiger partial charge in [0.15, 0.2) is 0 Å². The molecule has 0 spiro atoms. The van der Waals surface area contributed by atoms with Crippen LogP contribution in [0.1, 0.15) is 10.4 Å². The van der Waals surface area contributed by atoms with Crippen LogP contribution in [0.25, 0.3) is 0 Å². The van der Waals surface area contributed by atoms with Gasteiger partial charge in [-0.1, -0.05) is 18.2 Å². The van der Waals surface area contributed by atoms with E-state index >= 15 is 0 Å². The molecular weight excluding hydrogens is 462 g/mol. The molecule has 2 N–H and O–H groups in total. The molecule has 1 saturated heterocycles. The van der Waals surface area contributed by atoms with Crippen molar-refractivity contribution >= 4 is 38.8 Å². The van der Waals surface area contributed by atoms with E-state index in [1.807, 2.05) is 0 Å². The SMILES string of the molecule is O=C(Nc1ccc(N2CCOCC2)nc1)c1ccccc1NS(=O)(=O)c1cccc([N+](=O)[O-])c1. The van der Waals surface area contributed by atoms with Gasteiger partial charge in [-0.3, -0.25) is 19.6 Å². The number of anilines is 3. The van der Waals surface area contributed by atoms with Crippen LogP contribution in [0.5, 0.6) is 0 Å². The van der Waals surface area contributed by atoms with Crippen molar-refractivity contribution in [2.45, 2.75) is 4.90 Å². The molecule has 0 unspecified atom stereocenters. The number of pyridine rings is 1. The number of carbonyl (C=O) groups excluding carboxylic acids is 1. The van der Waals surface area contributed by atoms with Crippen molar-refractivity contribution in [3.8, 4) is 0 Å². The molecule has 0 radical (unpaired) electrons. The van der Waals surface area contributed by atoms with Gasteiger partial charge in [-0.25, -0.2) is 13.4 Å². The minimum absolute atomic E-state index is 0.0319. The van der Waals surface area contributed by atoms with E-state index in [0.717, 1.165) is 25.0 Å². The predicted octanol–water partition coefficient (Wildman–Crippen LogP) is 2.88. The average molecular weight is 484 g/mol. The minimum Gasteiger partial charge on any atom is -0.378 e. The summed E-state index contributed by atoms with van der Waals surface area (Å²) in [6.07, 6.45) is 1.53. The molecule has 11 nitrogen and oxygen atoms in total. The summed E-state index contributed by atoms with van der Waals surface area (Å²) in [7, 11) is -4.18. The van der Waals surface area contributed by atoms with E-state index in [2.05, 4.69) is 19.9 Å². The maximum atomic E-state index is 12.9. The molecular formula is C22H21N5O6S. The summed E-state index contributed by atoms with van der Waals surface area (Å²) >= 11 is 0. The molecule has 176 valence electrons. The number of ether oxygens (including phenoxy) is 1. The largest absolute Gasteiger partial charge is 0.378 e. The molecule has 1 aliphatic heterocycles. The molecule has 0 bridgehead atoms. The number of nitrogens with zero attached hydrogens (tertiary/aromatic N) is 3. The molecule has 2 aromatic carbocycles. The quantitative estimate of drug-likeness (QED) is 0.386. The summed E-state index contributed by atoms with van der Waals surface area (Å²) in [5.74, 6) is 0.227. The van der Waals surface area contributed by atoms with Crippen molar-refractivity contribution in [2.24, 2.45) is 0 Å². The lowest BCUT2D eigenvalue weighted by atomic mass is 10.1. The van der Waals surface area contributed by atoms with Crippen LogP contribution < -0.4 is 14.9 Å². The molecule has 2 heterocycles. The van der Waals surface area contributed by atoms with Crippen molar-refractivity contribution in [3.63, 3.8) is 0 Å². The van der Waals surface area contributed by atoms with E-state index in [1.54, 1.807) is 24.3 Å². The molecule has 0 saturated carbocycles. The number of nitro groups is 1. The van der Waals surface area contributed by atoms with Gasteiger partial charge in [-0.15, -0.1) is 0 Å². The normalized spacial score (nSPS) is 13.8. The van der Waals surface area contributed by atoms with Crippen molar-refractivity contribution in [1.82, 2.24) is 4.98 Å². The Hall–Kier alpha value is -4.03. The monoisotopic (exact) mass is 483 g/mol. The third kappa shape index (κ3) is 5.30. The molecule has 4 rings (SSSR count). The first-order valence-electron chi connectivity index (χ1n) is 10.3. The van der Waals surface area contributed by atoms with Gasteiger partial charge >= 0.3 is 0 Å². The third-order valence-electron chi connectivity index (χ3n) is 5.10. The lowest BCUT2D eigenvalue weighted by Crippen LogP contribution is -2.36. The maximum absolute atomic E-state index is 12.9. The first-order valence-corrected chi connectivity index (χ1v) is 11.8. The molecule has 34 heavy (non-hydrogen) atoms. The number of amides is 1. The van der Waals surface area contributed by atoms with Crippen LogP contribution in [0, 0.1) is 10.1 Å². The second kappa shape index (κ2) is 9.85. The molecule has 1 fully saturated rings. The molecule has 0 atom stereocenters. The number of nitrogens with one attached hydrogen (secondary N) is 2. The molecule has 12 heteroatoms. The highest BCUT2D eigenvalue weighted by Gasteiger charge is 2.21. The number of nitro benzene ring substituents is 1. The Morgan fingerprint density at radius 3 is 2.53 bits per heavy atom. The highest BCUT2D eigenvalue weighted by atomic mass is 32.2. The van der Waals surface area contributed by atoms with Crippen LogP contribution >= 0.6 is 0 Å². The number of aromatic nitrogens is 1. The number of rotatable bonds is 7. The van der Waals surface area contributed by atoms with Gasteiger partial charge in [0.1, 0.15) is 5.82 Å². The summed E-state index contributed by atoms with van der Waals surface area (Å²) < 4.78 is 33.3. The zero-order valence-corrected chi connectivity index (χ0v) is 18.7. The van der Waals surface area contributed by atoms with E-state index in [0.29, 0.717) is 18.9 Å². The summed E-state index contributed by atoms with van der Waals surface area (Å²) in [5, 5.41) is 13.7. The van der Waals surface area contributed by atoms with Gasteiger partial charge in [0.25, 0.3) is 21.6 Å². The third-order valence-corrected chi connectivity index (χ3v) is 6.46. The number of para-hydroxylation sites is 1. The fourth-order valence-electron chi connectivity index (χ4n) is 3.38. The topological polar surface area (TPSA) is 144 Å². The van der Waals surface area contributed by atoms with E-state index in [1.165, 1.54) is 36.5 Å². The highest BCUT2D eigenvalue weighted by Crippen LogP contribution is 2.24. The lowest BCUT2D eigenvalue weighted by Gasteiger charge is -2.27. The molecule has 3 aromatic rings. The second-order valence-electron chi connectivity index (χ2n) is 7.36. The molecule has 1 amide bonds. The van der Waals surface area contributed by atoms with Gasteiger partial charge in [0.05, 0.1) is 46.2 Å². The van der Waals surface area contributed by atoms with Crippen molar-refractivity contribution in [1.29, 1.82) is 0 Å². The number of hydrogen-bond acceptors (Lipinski definition) is 8. The number of non-ortho nitro benzene ring substituents is 1. The first-order chi connectivity index (χ1) is 16.3. The van der Waals surface area contributed by atoms with Crippen molar-refractivity contribution in [3.05, 3.63) is 82.5 Å². The zero-order chi connectivity index (χ0) is 24.1. The number of carbonyl (C=O) groups is 1. The number of benzene rings is 2. The summed E-state index contributed by atoms with van der Waals surface area (Å²) in [6.45, 7) is 2.72. The van der Waals surface area contributed by atoms with Gasteiger partial charge in [-0.2, -0.15) is 0 Å². The Morgan fingerprint density at radius 2 is 1.82 bits per heavy atom. The fourth-order valence-corrected chi connectivity index (χ4v) is 4.49. The Bertz CT molecular complexity index is 1310. The van der Waals surface area contributed by atoms with Crippen LogP contribution in [-0.2, 0) is 14.8 Å². The summed E-state index contributed by atoms with van der Waals surface area (Å²) in [5.41, 5.74) is 0.193. The standard InChI is InChI=1S/C22H21N5O6S/c28-22(24-16-8-9-21(23-15-16)26-10-12-33-13-11-26)19-6-1-2-7-20(19)25-34(31,32)18-5-3-4-17(14-18)27(29)30/h1-9,14-15,25H,10-13H2,(H,24,28). The van der Waals surface area contributed by atoms with Gasteiger partial charge in [0.2, 0.25) is 0 Å². The highest BCUT2D eigenvalue weighted by molar-refractivity contribution is 7.92. The first kappa shape index (κ1) is 23.1. The van der Waals surface area contributed by atoms with Gasteiger partial charge in [0, 0.05) is 25.2 Å². The lowest BCUT2D eigenvalue weighted by molar-refractivity contribution is -0.385. The minimum atomic E-state index is -4.18. The number of hydrogen-bond donors (Lipinski definition) is 2. The molecule has 0 aliphatic carbocycles. The average Bonchev–Trinajstić information content (AvgIpc) is 2.85. The zero-order valence-electron chi connectivity index (χ0n) is 17.9. The van der Waals surface area contributed by atoms with Crippen LogP contribution in [0.3, 0.4) is 0 Å². The smallest absolute Gasteiger partial charge is 0.270 e. The Morgan fingerprint density at radius 1 is 1.06 bits per heavy atom. The summed E-state index contributed by atoms with van der Waals surface area (Å²) in [6, 6.07) is 14.2. The van der Waals surface area contributed by atoms with Crippen LogP contribution in [-0.4, -0.2) is 50.5 Å². The molecule has 1 aromatic heterocycles. The fraction of sp³-hybridized carbons (Fsp3) is 0.182. The summed E-state index contributed by atoms with van der Waals surface area (Å²) in [4.78, 5) is 29.4. The van der Waals surface area contributed by atoms with Crippen LogP contribution in [0.4, 0.5) is 22.9 Å². The van der Waals surface area contributed by atoms with Gasteiger partial charge in [-0.05, 0) is 30.3 Å². The van der Waals surface area contributed by atoms with Crippen molar-refractivity contribution in [2.75, 3.05) is 41.2 Å². The Labute approximate surface area is 195 Å². The van der Waals surface area contributed by atoms with Crippen LogP contribution in [0.2, 0.25) is 0 Å². The maximum Gasteiger partial charge on any atom is 0.270 e. The predicted molar refractivity (Wildman–Crippen MR) is 126 cm³/mol. The van der Waals surface area contributed by atoms with E-state index in [-0.39, 0.29) is 21.8 Å². The Balaban J connectivity index is 1.51. The Kier molecular flexibility index (Phi) is 6.70. The van der Waals surface area contributed by atoms with E-state index in [9.17, 15) is 23.3 Å². The van der Waals surface area contributed by atoms with E-state index < -0.39 is 20.9 Å². The number of sulfonamides is 1. The van der Waals surface area contributed by atoms with Crippen LogP contribution in [0.15, 0.2) is 71.8 Å². The van der Waals surface area contributed by atoms with Crippen molar-refractivity contribution < 1.29 is 22.9 Å². The second-order valence-corrected chi connectivity index (χ2v) is 9.05.